The van der Waals surface area contributed by atoms with Crippen molar-refractivity contribution in [1.29, 1.82) is 0 Å². The van der Waals surface area contributed by atoms with Crippen LogP contribution in [-0.2, 0) is 14.3 Å². The highest BCUT2D eigenvalue weighted by atomic mass is 19.1. The van der Waals surface area contributed by atoms with Gasteiger partial charge in [0.15, 0.2) is 17.4 Å². The Balaban J connectivity index is 1.36. The van der Waals surface area contributed by atoms with Gasteiger partial charge >= 0.3 is 5.97 Å². The molecule has 0 radical (unpaired) electrons. The van der Waals surface area contributed by atoms with Crippen LogP contribution in [0.15, 0.2) is 47.3 Å². The summed E-state index contributed by atoms with van der Waals surface area (Å²) >= 11 is 0. The van der Waals surface area contributed by atoms with Gasteiger partial charge in [-0.2, -0.15) is 0 Å². The first kappa shape index (κ1) is 35.6. The number of aromatic nitrogens is 1. The highest BCUT2D eigenvalue weighted by Gasteiger charge is 2.24. The Morgan fingerprint density at radius 2 is 1.64 bits per heavy atom. The maximum Gasteiger partial charge on any atom is 0.323 e. The smallest absolute Gasteiger partial charge is 0.323 e. The molecule has 2 heterocycles. The first-order valence-corrected chi connectivity index (χ1v) is 15.3. The molecule has 2 aromatic carbocycles. The summed E-state index contributed by atoms with van der Waals surface area (Å²) in [5, 5.41) is 3.17. The lowest BCUT2D eigenvalue weighted by Crippen LogP contribution is -2.42. The van der Waals surface area contributed by atoms with E-state index < -0.39 is 63.3 Å². The maximum absolute atomic E-state index is 15.2. The normalized spacial score (nSPS) is 14.3. The molecule has 1 aliphatic rings. The van der Waals surface area contributed by atoms with Crippen LogP contribution in [0.2, 0.25) is 0 Å². The van der Waals surface area contributed by atoms with E-state index in [1.54, 1.807) is 0 Å². The summed E-state index contributed by atoms with van der Waals surface area (Å²) in [6.45, 7) is 8.20. The number of rotatable bonds is 15. The lowest BCUT2D eigenvalue weighted by atomic mass is 10.0. The quantitative estimate of drug-likeness (QED) is 0.108. The Hall–Kier alpha value is -4.27. The van der Waals surface area contributed by atoms with E-state index in [-0.39, 0.29) is 30.9 Å². The fraction of sp³-hybridized carbons (Fsp3) is 0.424. The van der Waals surface area contributed by atoms with Crippen LogP contribution in [0.4, 0.5) is 23.4 Å². The van der Waals surface area contributed by atoms with Gasteiger partial charge < -0.3 is 25.3 Å². The Kier molecular flexibility index (Phi) is 12.5. The number of ketones is 1. The van der Waals surface area contributed by atoms with Crippen LogP contribution in [0.25, 0.3) is 5.69 Å². The number of nitrogen functional groups attached to an aromatic ring is 1. The summed E-state index contributed by atoms with van der Waals surface area (Å²) in [6, 6.07) is 5.31. The predicted molar refractivity (Wildman–Crippen MR) is 166 cm³/mol. The SMILES string of the molecule is CC(C)C[C@H](NCCCOc1cc(F)c(-n2c(N)c(C(=O)c3ccc(F)cc3F)ccc2=O)c(F)c1)C(=O)OCCN1CCOCC1. The van der Waals surface area contributed by atoms with Gasteiger partial charge in [-0.15, -0.1) is 0 Å². The van der Waals surface area contributed by atoms with Gasteiger partial charge in [0.1, 0.15) is 41.5 Å². The second-order valence-corrected chi connectivity index (χ2v) is 11.5. The van der Waals surface area contributed by atoms with E-state index in [0.29, 0.717) is 49.8 Å². The van der Waals surface area contributed by atoms with E-state index in [1.165, 1.54) is 0 Å². The third kappa shape index (κ3) is 9.40. The van der Waals surface area contributed by atoms with E-state index in [9.17, 15) is 23.2 Å². The first-order chi connectivity index (χ1) is 22.5. The average Bonchev–Trinajstić information content (AvgIpc) is 3.01. The zero-order chi connectivity index (χ0) is 34.1. The van der Waals surface area contributed by atoms with E-state index in [1.807, 2.05) is 13.8 Å². The number of nitrogens with one attached hydrogen (secondary N) is 1. The Bertz CT molecular complexity index is 1600. The standard InChI is InChI=1S/C33H38F4N4O6/c1-20(2)16-28(33(44)47-15-11-40-9-13-45-14-10-40)39-8-3-12-46-22-18-26(36)30(27(37)19-22)41-29(42)7-6-24(32(41)38)31(43)23-5-4-21(34)17-25(23)35/h4-7,17-20,28,39H,3,8-16,38H2,1-2H3/t28-/m0/s1. The zero-order valence-electron chi connectivity index (χ0n) is 26.2. The summed E-state index contributed by atoms with van der Waals surface area (Å²) in [5.74, 6) is -6.44. The molecule has 4 rings (SSSR count). The minimum absolute atomic E-state index is 0.0427. The minimum Gasteiger partial charge on any atom is -0.493 e. The van der Waals surface area contributed by atoms with Gasteiger partial charge in [0.2, 0.25) is 0 Å². The van der Waals surface area contributed by atoms with E-state index >= 15 is 8.78 Å². The molecule has 0 spiro atoms. The topological polar surface area (TPSA) is 125 Å². The molecule has 1 aliphatic heterocycles. The highest BCUT2D eigenvalue weighted by molar-refractivity contribution is 6.11. The van der Waals surface area contributed by atoms with Crippen LogP contribution in [0.1, 0.15) is 42.6 Å². The predicted octanol–water partition coefficient (Wildman–Crippen LogP) is 3.86. The van der Waals surface area contributed by atoms with Crippen molar-refractivity contribution in [3.8, 4) is 11.4 Å². The van der Waals surface area contributed by atoms with Gasteiger partial charge in [0, 0.05) is 43.9 Å². The van der Waals surface area contributed by atoms with Crippen molar-refractivity contribution in [2.24, 2.45) is 5.92 Å². The number of morpholine rings is 1. The first-order valence-electron chi connectivity index (χ1n) is 15.3. The number of hydrogen-bond donors (Lipinski definition) is 2. The molecular formula is C33H38F4N4O6. The van der Waals surface area contributed by atoms with Crippen molar-refractivity contribution in [2.45, 2.75) is 32.7 Å². The van der Waals surface area contributed by atoms with Crippen molar-refractivity contribution in [3.63, 3.8) is 0 Å². The number of benzene rings is 2. The number of nitrogens with two attached hydrogens (primary N) is 1. The zero-order valence-corrected chi connectivity index (χ0v) is 26.2. The largest absolute Gasteiger partial charge is 0.493 e. The molecule has 0 amide bonds. The number of carbonyl (C=O) groups is 2. The molecule has 3 N–H and O–H groups in total. The van der Waals surface area contributed by atoms with Gasteiger partial charge in [-0.25, -0.2) is 17.6 Å². The molecule has 47 heavy (non-hydrogen) atoms. The molecule has 0 bridgehead atoms. The molecule has 3 aromatic rings. The molecule has 254 valence electrons. The Labute approximate surface area is 269 Å². The van der Waals surface area contributed by atoms with Crippen molar-refractivity contribution in [1.82, 2.24) is 14.8 Å². The molecule has 1 atom stereocenters. The van der Waals surface area contributed by atoms with Crippen LogP contribution in [0.3, 0.4) is 0 Å². The van der Waals surface area contributed by atoms with Crippen LogP contribution in [0.5, 0.6) is 5.75 Å². The molecule has 10 nitrogen and oxygen atoms in total. The van der Waals surface area contributed by atoms with Crippen LogP contribution in [0, 0.1) is 29.2 Å². The van der Waals surface area contributed by atoms with Crippen LogP contribution >= 0.6 is 0 Å². The number of anilines is 1. The third-order valence-corrected chi connectivity index (χ3v) is 7.49. The van der Waals surface area contributed by atoms with Gasteiger partial charge in [-0.1, -0.05) is 13.8 Å². The van der Waals surface area contributed by atoms with Crippen LogP contribution in [-0.4, -0.2) is 79.9 Å². The summed E-state index contributed by atoms with van der Waals surface area (Å²) in [4.78, 5) is 40.4. The Morgan fingerprint density at radius 3 is 2.30 bits per heavy atom. The molecule has 1 aromatic heterocycles. The number of halogens is 4. The highest BCUT2D eigenvalue weighted by Crippen LogP contribution is 2.27. The average molecular weight is 663 g/mol. The van der Waals surface area contributed by atoms with E-state index in [4.69, 9.17) is 19.9 Å². The minimum atomic E-state index is -1.21. The molecule has 0 unspecified atom stereocenters. The number of nitrogens with zero attached hydrogens (tertiary/aromatic N) is 2. The summed E-state index contributed by atoms with van der Waals surface area (Å²) in [5.41, 5.74) is 3.22. The fourth-order valence-electron chi connectivity index (χ4n) is 5.11. The number of ether oxygens (including phenoxy) is 3. The van der Waals surface area contributed by atoms with Crippen LogP contribution < -0.4 is 21.3 Å². The van der Waals surface area contributed by atoms with Crippen molar-refractivity contribution >= 4 is 17.6 Å². The maximum atomic E-state index is 15.2. The molecule has 1 fully saturated rings. The Morgan fingerprint density at radius 1 is 0.957 bits per heavy atom. The van der Waals surface area contributed by atoms with E-state index in [2.05, 4.69) is 10.2 Å². The summed E-state index contributed by atoms with van der Waals surface area (Å²) in [7, 11) is 0. The number of pyridine rings is 1. The molecule has 14 heteroatoms. The molecule has 0 saturated carbocycles. The summed E-state index contributed by atoms with van der Waals surface area (Å²) < 4.78 is 74.8. The van der Waals surface area contributed by atoms with Crippen molar-refractivity contribution in [2.75, 3.05) is 58.3 Å². The van der Waals surface area contributed by atoms with Gasteiger partial charge in [-0.3, -0.25) is 23.9 Å². The third-order valence-electron chi connectivity index (χ3n) is 7.49. The number of esters is 1. The number of hydrogen-bond acceptors (Lipinski definition) is 9. The van der Waals surface area contributed by atoms with Crippen molar-refractivity contribution in [3.05, 3.63) is 87.2 Å². The second-order valence-electron chi connectivity index (χ2n) is 11.5. The monoisotopic (exact) mass is 662 g/mol. The van der Waals surface area contributed by atoms with Crippen molar-refractivity contribution < 1.29 is 41.4 Å². The van der Waals surface area contributed by atoms with Gasteiger partial charge in [0.05, 0.1) is 30.9 Å². The molecular weight excluding hydrogens is 624 g/mol. The lowest BCUT2D eigenvalue weighted by molar-refractivity contribution is -0.147. The molecule has 1 saturated heterocycles. The lowest BCUT2D eigenvalue weighted by Gasteiger charge is -2.26. The van der Waals surface area contributed by atoms with Gasteiger partial charge in [0.25, 0.3) is 5.56 Å². The number of carbonyl (C=O) groups excluding carboxylic acids is 2. The summed E-state index contributed by atoms with van der Waals surface area (Å²) in [6.07, 6.45) is 0.945. The fourth-order valence-corrected chi connectivity index (χ4v) is 5.11. The van der Waals surface area contributed by atoms with Gasteiger partial charge in [-0.05, 0) is 43.5 Å². The second kappa shape index (κ2) is 16.5. The van der Waals surface area contributed by atoms with E-state index in [0.717, 1.165) is 49.5 Å². The molecule has 0 aliphatic carbocycles.